The molecular weight excluding hydrogens is 188 g/mol. The van der Waals surface area contributed by atoms with E-state index in [-0.39, 0.29) is 6.10 Å². The number of aliphatic hydroxyl groups excluding tert-OH is 1. The van der Waals surface area contributed by atoms with Crippen LogP contribution in [0.25, 0.3) is 0 Å². The fourth-order valence-electron chi connectivity index (χ4n) is 2.37. The van der Waals surface area contributed by atoms with Crippen molar-refractivity contribution in [3.63, 3.8) is 0 Å². The van der Waals surface area contributed by atoms with Crippen LogP contribution in [-0.2, 0) is 4.74 Å². The van der Waals surface area contributed by atoms with Crippen LogP contribution in [0.3, 0.4) is 0 Å². The second-order valence-corrected chi connectivity index (χ2v) is 4.80. The van der Waals surface area contributed by atoms with Crippen LogP contribution in [0.1, 0.15) is 58.8 Å². The molecule has 0 aromatic rings. The predicted molar refractivity (Wildman–Crippen MR) is 62.9 cm³/mol. The van der Waals surface area contributed by atoms with Crippen LogP contribution in [-0.4, -0.2) is 23.9 Å². The van der Waals surface area contributed by atoms with Gasteiger partial charge in [-0.05, 0) is 38.5 Å². The molecule has 0 spiro atoms. The van der Waals surface area contributed by atoms with Gasteiger partial charge in [0.15, 0.2) is 0 Å². The molecule has 1 atom stereocenters. The Hall–Kier alpha value is -0.0800. The topological polar surface area (TPSA) is 29.5 Å². The van der Waals surface area contributed by atoms with Crippen molar-refractivity contribution in [3.8, 4) is 0 Å². The molecule has 15 heavy (non-hydrogen) atoms. The standard InChI is InChI=1S/C13H26O2/c1-3-5-6-7-12(14)8-11-9-13(10-11)15-4-2/h11-14H,3-10H2,1-2H3. The first kappa shape index (κ1) is 13.0. The number of ether oxygens (including phenoxy) is 1. The molecule has 0 aliphatic heterocycles. The van der Waals surface area contributed by atoms with Gasteiger partial charge in [0.05, 0.1) is 12.2 Å². The highest BCUT2D eigenvalue weighted by Crippen LogP contribution is 2.34. The fourth-order valence-corrected chi connectivity index (χ4v) is 2.37. The van der Waals surface area contributed by atoms with Gasteiger partial charge in [0.1, 0.15) is 0 Å². The third-order valence-corrected chi connectivity index (χ3v) is 3.34. The molecule has 1 aliphatic carbocycles. The summed E-state index contributed by atoms with van der Waals surface area (Å²) in [5.41, 5.74) is 0. The van der Waals surface area contributed by atoms with Gasteiger partial charge in [-0.2, -0.15) is 0 Å². The molecule has 0 heterocycles. The molecule has 1 fully saturated rings. The molecule has 0 bridgehead atoms. The van der Waals surface area contributed by atoms with Crippen molar-refractivity contribution in [1.29, 1.82) is 0 Å². The van der Waals surface area contributed by atoms with Crippen LogP contribution in [0.15, 0.2) is 0 Å². The second kappa shape index (κ2) is 7.24. The van der Waals surface area contributed by atoms with Gasteiger partial charge < -0.3 is 9.84 Å². The van der Waals surface area contributed by atoms with Gasteiger partial charge in [-0.25, -0.2) is 0 Å². The van der Waals surface area contributed by atoms with Gasteiger partial charge in [-0.1, -0.05) is 26.2 Å². The van der Waals surface area contributed by atoms with Crippen molar-refractivity contribution in [1.82, 2.24) is 0 Å². The Kier molecular flexibility index (Phi) is 6.26. The van der Waals surface area contributed by atoms with E-state index in [9.17, 15) is 5.11 Å². The van der Waals surface area contributed by atoms with E-state index in [1.807, 2.05) is 6.92 Å². The van der Waals surface area contributed by atoms with Gasteiger partial charge in [-0.3, -0.25) is 0 Å². The monoisotopic (exact) mass is 214 g/mol. The molecule has 1 rings (SSSR count). The summed E-state index contributed by atoms with van der Waals surface area (Å²) in [7, 11) is 0. The van der Waals surface area contributed by atoms with E-state index < -0.39 is 0 Å². The predicted octanol–water partition coefficient (Wildman–Crippen LogP) is 3.13. The summed E-state index contributed by atoms with van der Waals surface area (Å²) in [6.45, 7) is 5.08. The van der Waals surface area contributed by atoms with E-state index >= 15 is 0 Å². The molecule has 1 N–H and O–H groups in total. The van der Waals surface area contributed by atoms with Gasteiger partial charge in [-0.15, -0.1) is 0 Å². The Balaban J connectivity index is 1.96. The number of hydrogen-bond donors (Lipinski definition) is 1. The summed E-state index contributed by atoms with van der Waals surface area (Å²) in [5.74, 6) is 0.721. The van der Waals surface area contributed by atoms with Crippen molar-refractivity contribution in [2.24, 2.45) is 5.92 Å². The third kappa shape index (κ3) is 4.98. The van der Waals surface area contributed by atoms with Crippen molar-refractivity contribution >= 4 is 0 Å². The molecule has 0 aromatic heterocycles. The molecule has 2 heteroatoms. The van der Waals surface area contributed by atoms with Crippen molar-refractivity contribution in [2.75, 3.05) is 6.61 Å². The zero-order valence-electron chi connectivity index (χ0n) is 10.2. The van der Waals surface area contributed by atoms with Gasteiger partial charge in [0, 0.05) is 6.61 Å². The highest BCUT2D eigenvalue weighted by Gasteiger charge is 2.30. The minimum absolute atomic E-state index is 0.0656. The molecular formula is C13H26O2. The van der Waals surface area contributed by atoms with E-state index in [1.165, 1.54) is 32.1 Å². The SMILES string of the molecule is CCCCCC(O)CC1CC(OCC)C1. The average Bonchev–Trinajstić information content (AvgIpc) is 2.15. The first-order valence-corrected chi connectivity index (χ1v) is 6.55. The maximum absolute atomic E-state index is 9.79. The smallest absolute Gasteiger partial charge is 0.0580 e. The highest BCUT2D eigenvalue weighted by atomic mass is 16.5. The zero-order chi connectivity index (χ0) is 11.1. The lowest BCUT2D eigenvalue weighted by Crippen LogP contribution is -2.33. The van der Waals surface area contributed by atoms with E-state index in [1.54, 1.807) is 0 Å². The van der Waals surface area contributed by atoms with E-state index in [2.05, 4.69) is 6.92 Å². The van der Waals surface area contributed by atoms with E-state index in [0.29, 0.717) is 6.10 Å². The van der Waals surface area contributed by atoms with Crippen LogP contribution in [0.4, 0.5) is 0 Å². The maximum Gasteiger partial charge on any atom is 0.0580 e. The van der Waals surface area contributed by atoms with Crippen molar-refractivity contribution < 1.29 is 9.84 Å². The summed E-state index contributed by atoms with van der Waals surface area (Å²) < 4.78 is 5.51. The van der Waals surface area contributed by atoms with Gasteiger partial charge >= 0.3 is 0 Å². The molecule has 2 nitrogen and oxygen atoms in total. The molecule has 90 valence electrons. The number of aliphatic hydroxyl groups is 1. The molecule has 1 saturated carbocycles. The average molecular weight is 214 g/mol. The third-order valence-electron chi connectivity index (χ3n) is 3.34. The summed E-state index contributed by atoms with van der Waals surface area (Å²) in [4.78, 5) is 0. The molecule has 0 amide bonds. The van der Waals surface area contributed by atoms with Crippen molar-refractivity contribution in [3.05, 3.63) is 0 Å². The van der Waals surface area contributed by atoms with Crippen LogP contribution in [0, 0.1) is 5.92 Å². The zero-order valence-corrected chi connectivity index (χ0v) is 10.2. The van der Waals surface area contributed by atoms with Crippen LogP contribution < -0.4 is 0 Å². The largest absolute Gasteiger partial charge is 0.393 e. The summed E-state index contributed by atoms with van der Waals surface area (Å²) in [5, 5.41) is 9.79. The number of unbranched alkanes of at least 4 members (excludes halogenated alkanes) is 2. The Morgan fingerprint density at radius 3 is 2.60 bits per heavy atom. The molecule has 1 unspecified atom stereocenters. The molecule has 0 aromatic carbocycles. The van der Waals surface area contributed by atoms with Gasteiger partial charge in [0.2, 0.25) is 0 Å². The Morgan fingerprint density at radius 1 is 1.27 bits per heavy atom. The quantitative estimate of drug-likeness (QED) is 0.629. The Bertz CT molecular complexity index is 150. The minimum Gasteiger partial charge on any atom is -0.393 e. The normalized spacial score (nSPS) is 27.4. The lowest BCUT2D eigenvalue weighted by Gasteiger charge is -2.36. The molecule has 0 radical (unpaired) electrons. The second-order valence-electron chi connectivity index (χ2n) is 4.80. The summed E-state index contributed by atoms with van der Waals surface area (Å²) in [6.07, 6.45) is 8.41. The Labute approximate surface area is 94.0 Å². The van der Waals surface area contributed by atoms with Gasteiger partial charge in [0.25, 0.3) is 0 Å². The minimum atomic E-state index is -0.0656. The van der Waals surface area contributed by atoms with Crippen LogP contribution in [0.2, 0.25) is 0 Å². The Morgan fingerprint density at radius 2 is 2.00 bits per heavy atom. The van der Waals surface area contributed by atoms with Crippen LogP contribution in [0.5, 0.6) is 0 Å². The van der Waals surface area contributed by atoms with Crippen LogP contribution >= 0.6 is 0 Å². The first-order chi connectivity index (χ1) is 7.26. The summed E-state index contributed by atoms with van der Waals surface area (Å²) >= 11 is 0. The molecule has 0 saturated heterocycles. The first-order valence-electron chi connectivity index (χ1n) is 6.55. The lowest BCUT2D eigenvalue weighted by molar-refractivity contribution is -0.0384. The number of hydrogen-bond acceptors (Lipinski definition) is 2. The lowest BCUT2D eigenvalue weighted by atomic mass is 9.78. The van der Waals surface area contributed by atoms with E-state index in [4.69, 9.17) is 4.74 Å². The highest BCUT2D eigenvalue weighted by molar-refractivity contribution is 4.81. The maximum atomic E-state index is 9.79. The number of rotatable bonds is 8. The molecule has 1 aliphatic rings. The van der Waals surface area contributed by atoms with Crippen molar-refractivity contribution in [2.45, 2.75) is 71.0 Å². The summed E-state index contributed by atoms with van der Waals surface area (Å²) in [6, 6.07) is 0. The van der Waals surface area contributed by atoms with E-state index in [0.717, 1.165) is 25.4 Å². The fraction of sp³-hybridized carbons (Fsp3) is 1.00.